The second-order valence-electron chi connectivity index (χ2n) is 10.8. The molecular weight excluding hydrogens is 462 g/mol. The molecule has 6 atom stereocenters. The van der Waals surface area contributed by atoms with Crippen LogP contribution < -0.4 is 16.0 Å². The van der Waals surface area contributed by atoms with Gasteiger partial charge >= 0.3 is 0 Å². The number of likely N-dealkylation sites (tertiary alicyclic amines) is 1. The molecule has 1 aliphatic carbocycles. The van der Waals surface area contributed by atoms with Crippen LogP contribution in [0.2, 0.25) is 0 Å². The standard InChI is InChI=1S/C30H33N5O2/c31-18-19-11-13-20(14-12-19)29(36)34-25-9-4-2-7-22(25)30(37)35-17-15-23-27(26-10-5-16-32-26)33-24-8-3-1-6-21(24)28(23)35/h1,3,5-6,8,11-14,16,22-23,25-28,32-33H,2,4,7,9-10,15,17H2,(H,34,36)/t22-,23+,25+,26?,27+,28-/m0/s1. The summed E-state index contributed by atoms with van der Waals surface area (Å²) in [4.78, 5) is 29.4. The number of fused-ring (bicyclic) bond motifs is 3. The molecule has 2 fully saturated rings. The summed E-state index contributed by atoms with van der Waals surface area (Å²) in [6.45, 7) is 0.744. The summed E-state index contributed by atoms with van der Waals surface area (Å²) in [6, 6.07) is 17.6. The molecular formula is C30H33N5O2. The highest BCUT2D eigenvalue weighted by atomic mass is 16.2. The Morgan fingerprint density at radius 1 is 1.03 bits per heavy atom. The van der Waals surface area contributed by atoms with Gasteiger partial charge in [0.1, 0.15) is 0 Å². The fourth-order valence-corrected chi connectivity index (χ4v) is 6.89. The SMILES string of the molecule is N#Cc1ccc(C(=O)N[C@@H]2CCCC[C@@H]2C(=O)N2CC[C@@H]3[C@H](C4CC=CN4)Nc4ccccc4[C@@H]32)cc1. The zero-order chi connectivity index (χ0) is 25.4. The maximum absolute atomic E-state index is 14.2. The van der Waals surface area contributed by atoms with Gasteiger partial charge in [0, 0.05) is 35.8 Å². The van der Waals surface area contributed by atoms with Crippen LogP contribution >= 0.6 is 0 Å². The van der Waals surface area contributed by atoms with E-state index in [2.05, 4.69) is 57.3 Å². The van der Waals surface area contributed by atoms with Crippen LogP contribution in [0.15, 0.2) is 60.8 Å². The number of carbonyl (C=O) groups excluding carboxylic acids is 2. The molecule has 2 aromatic rings. The molecule has 0 aromatic heterocycles. The molecule has 7 nitrogen and oxygen atoms in total. The Morgan fingerprint density at radius 3 is 2.62 bits per heavy atom. The summed E-state index contributed by atoms with van der Waals surface area (Å²) in [5, 5.41) is 19.5. The van der Waals surface area contributed by atoms with Crippen LogP contribution in [-0.4, -0.2) is 41.4 Å². The maximum Gasteiger partial charge on any atom is 0.251 e. The molecule has 6 rings (SSSR count). The molecule has 1 saturated heterocycles. The average Bonchev–Trinajstić information content (AvgIpc) is 3.64. The predicted molar refractivity (Wildman–Crippen MR) is 141 cm³/mol. The lowest BCUT2D eigenvalue weighted by molar-refractivity contribution is -0.138. The van der Waals surface area contributed by atoms with Crippen LogP contribution in [0.4, 0.5) is 5.69 Å². The molecule has 1 saturated carbocycles. The van der Waals surface area contributed by atoms with E-state index >= 15 is 0 Å². The second kappa shape index (κ2) is 9.93. The van der Waals surface area contributed by atoms with E-state index in [1.54, 1.807) is 24.3 Å². The summed E-state index contributed by atoms with van der Waals surface area (Å²) >= 11 is 0. The summed E-state index contributed by atoms with van der Waals surface area (Å²) in [7, 11) is 0. The van der Waals surface area contributed by atoms with Gasteiger partial charge in [0.2, 0.25) is 5.91 Å². The highest BCUT2D eigenvalue weighted by molar-refractivity contribution is 5.95. The molecule has 7 heteroatoms. The number of hydrogen-bond donors (Lipinski definition) is 3. The van der Waals surface area contributed by atoms with Gasteiger partial charge in [-0.2, -0.15) is 5.26 Å². The number of anilines is 1. The third-order valence-electron chi connectivity index (χ3n) is 8.72. The van der Waals surface area contributed by atoms with Crippen molar-refractivity contribution in [2.45, 2.75) is 62.7 Å². The lowest BCUT2D eigenvalue weighted by Crippen LogP contribution is -2.52. The Balaban J connectivity index is 1.23. The minimum Gasteiger partial charge on any atom is -0.386 e. The van der Waals surface area contributed by atoms with Crippen LogP contribution in [0.25, 0.3) is 0 Å². The maximum atomic E-state index is 14.2. The molecule has 2 aromatic carbocycles. The van der Waals surface area contributed by atoms with Crippen molar-refractivity contribution in [2.24, 2.45) is 11.8 Å². The smallest absolute Gasteiger partial charge is 0.251 e. The van der Waals surface area contributed by atoms with E-state index in [1.807, 2.05) is 6.20 Å². The Kier molecular flexibility index (Phi) is 6.33. The lowest BCUT2D eigenvalue weighted by Gasteiger charge is -2.43. The van der Waals surface area contributed by atoms with Crippen molar-refractivity contribution in [3.63, 3.8) is 0 Å². The number of nitrogens with zero attached hydrogens (tertiary/aromatic N) is 2. The van der Waals surface area contributed by atoms with Crippen molar-refractivity contribution < 1.29 is 9.59 Å². The van der Waals surface area contributed by atoms with Crippen molar-refractivity contribution in [1.82, 2.24) is 15.5 Å². The fraction of sp³-hybridized carbons (Fsp3) is 0.433. The molecule has 190 valence electrons. The van der Waals surface area contributed by atoms with E-state index in [9.17, 15) is 9.59 Å². The number of rotatable bonds is 4. The molecule has 3 aliphatic heterocycles. The predicted octanol–water partition coefficient (Wildman–Crippen LogP) is 4.11. The average molecular weight is 496 g/mol. The number of para-hydroxylation sites is 1. The zero-order valence-electron chi connectivity index (χ0n) is 20.9. The number of nitriles is 1. The number of amides is 2. The van der Waals surface area contributed by atoms with Gasteiger partial charge in [0.05, 0.1) is 29.6 Å². The van der Waals surface area contributed by atoms with Gasteiger partial charge in [-0.15, -0.1) is 0 Å². The van der Waals surface area contributed by atoms with E-state index in [1.165, 1.54) is 5.56 Å². The number of benzene rings is 2. The highest BCUT2D eigenvalue weighted by Crippen LogP contribution is 2.48. The quantitative estimate of drug-likeness (QED) is 0.593. The van der Waals surface area contributed by atoms with Crippen molar-refractivity contribution >= 4 is 17.5 Å². The molecule has 3 heterocycles. The van der Waals surface area contributed by atoms with E-state index in [0.717, 1.165) is 50.8 Å². The van der Waals surface area contributed by atoms with Gasteiger partial charge in [-0.25, -0.2) is 0 Å². The largest absolute Gasteiger partial charge is 0.386 e. The zero-order valence-corrected chi connectivity index (χ0v) is 20.9. The Morgan fingerprint density at radius 2 is 1.84 bits per heavy atom. The highest BCUT2D eigenvalue weighted by Gasteiger charge is 2.49. The molecule has 37 heavy (non-hydrogen) atoms. The molecule has 4 aliphatic rings. The first kappa shape index (κ1) is 23.6. The van der Waals surface area contributed by atoms with Gasteiger partial charge in [-0.3, -0.25) is 9.59 Å². The van der Waals surface area contributed by atoms with Gasteiger partial charge in [0.25, 0.3) is 5.91 Å². The van der Waals surface area contributed by atoms with Gasteiger partial charge in [-0.1, -0.05) is 37.1 Å². The third-order valence-corrected chi connectivity index (χ3v) is 8.72. The topological polar surface area (TPSA) is 97.3 Å². The van der Waals surface area contributed by atoms with Gasteiger partial charge in [0.15, 0.2) is 0 Å². The number of hydrogen-bond acceptors (Lipinski definition) is 5. The van der Waals surface area contributed by atoms with Crippen LogP contribution in [0.1, 0.15) is 66.1 Å². The summed E-state index contributed by atoms with van der Waals surface area (Å²) in [6.07, 6.45) is 9.79. The van der Waals surface area contributed by atoms with E-state index in [-0.39, 0.29) is 35.9 Å². The molecule has 0 radical (unpaired) electrons. The van der Waals surface area contributed by atoms with Crippen molar-refractivity contribution in [2.75, 3.05) is 11.9 Å². The first-order valence-corrected chi connectivity index (χ1v) is 13.5. The second-order valence-corrected chi connectivity index (χ2v) is 10.8. The molecule has 3 N–H and O–H groups in total. The van der Waals surface area contributed by atoms with Crippen molar-refractivity contribution in [3.05, 3.63) is 77.5 Å². The lowest BCUT2D eigenvalue weighted by atomic mass is 9.78. The fourth-order valence-electron chi connectivity index (χ4n) is 6.89. The van der Waals surface area contributed by atoms with Crippen LogP contribution in [0.3, 0.4) is 0 Å². The van der Waals surface area contributed by atoms with Gasteiger partial charge < -0.3 is 20.9 Å². The van der Waals surface area contributed by atoms with Crippen molar-refractivity contribution in [3.8, 4) is 6.07 Å². The minimum atomic E-state index is -0.221. The minimum absolute atomic E-state index is 0.0501. The summed E-state index contributed by atoms with van der Waals surface area (Å²) in [5.74, 6) is 0.110. The van der Waals surface area contributed by atoms with E-state index < -0.39 is 0 Å². The molecule has 0 spiro atoms. The molecule has 2 amide bonds. The normalized spacial score (nSPS) is 29.9. The monoisotopic (exact) mass is 495 g/mol. The Labute approximate surface area is 217 Å². The number of nitrogens with one attached hydrogen (secondary N) is 3. The first-order chi connectivity index (χ1) is 18.1. The van der Waals surface area contributed by atoms with E-state index in [4.69, 9.17) is 5.26 Å². The van der Waals surface area contributed by atoms with Gasteiger partial charge in [-0.05, 0) is 67.8 Å². The van der Waals surface area contributed by atoms with Crippen molar-refractivity contribution in [1.29, 1.82) is 5.26 Å². The first-order valence-electron chi connectivity index (χ1n) is 13.5. The summed E-state index contributed by atoms with van der Waals surface area (Å²) < 4.78 is 0. The number of carbonyl (C=O) groups is 2. The van der Waals surface area contributed by atoms with Crippen LogP contribution in [-0.2, 0) is 4.79 Å². The molecule has 1 unspecified atom stereocenters. The Bertz CT molecular complexity index is 1240. The van der Waals surface area contributed by atoms with Crippen LogP contribution in [0.5, 0.6) is 0 Å². The summed E-state index contributed by atoms with van der Waals surface area (Å²) in [5.41, 5.74) is 3.37. The third kappa shape index (κ3) is 4.35. The Hall–Kier alpha value is -3.79. The molecule has 0 bridgehead atoms. The van der Waals surface area contributed by atoms with E-state index in [0.29, 0.717) is 23.1 Å². The van der Waals surface area contributed by atoms with Crippen LogP contribution in [0, 0.1) is 23.2 Å².